The Kier molecular flexibility index (Phi) is 6.22. The smallest absolute Gasteiger partial charge is 0.341 e. The average Bonchev–Trinajstić information content (AvgIpc) is 2.84. The summed E-state index contributed by atoms with van der Waals surface area (Å²) < 4.78 is 21.7. The van der Waals surface area contributed by atoms with E-state index in [9.17, 15) is 9.59 Å². The summed E-state index contributed by atoms with van der Waals surface area (Å²) in [4.78, 5) is 25.2. The second-order valence-electron chi connectivity index (χ2n) is 7.17. The molecule has 0 N–H and O–H groups in total. The lowest BCUT2D eigenvalue weighted by molar-refractivity contribution is 0.0597. The summed E-state index contributed by atoms with van der Waals surface area (Å²) in [5.41, 5.74) is 2.89. The third kappa shape index (κ3) is 4.49. The van der Waals surface area contributed by atoms with E-state index in [0.717, 1.165) is 5.56 Å². The second-order valence-corrected chi connectivity index (χ2v) is 7.17. The van der Waals surface area contributed by atoms with Crippen LogP contribution in [0.15, 0.2) is 72.3 Å². The van der Waals surface area contributed by atoms with Crippen molar-refractivity contribution in [2.45, 2.75) is 6.61 Å². The Morgan fingerprint density at radius 1 is 1.03 bits per heavy atom. The molecule has 0 unspecified atom stereocenters. The van der Waals surface area contributed by atoms with Gasteiger partial charge in [0.05, 0.1) is 19.8 Å². The number of fused-ring (bicyclic) bond motifs is 1. The lowest BCUT2D eigenvalue weighted by Crippen LogP contribution is -2.19. The Labute approximate surface area is 186 Å². The highest BCUT2D eigenvalue weighted by molar-refractivity contribution is 6.14. The van der Waals surface area contributed by atoms with E-state index in [-0.39, 0.29) is 18.0 Å². The van der Waals surface area contributed by atoms with Gasteiger partial charge in [0.25, 0.3) is 0 Å². The minimum absolute atomic E-state index is 0.135. The van der Waals surface area contributed by atoms with E-state index in [1.54, 1.807) is 42.5 Å². The van der Waals surface area contributed by atoms with E-state index >= 15 is 0 Å². The molecule has 0 saturated carbocycles. The number of carbonyl (C=O) groups excluding carboxylic acids is 2. The maximum Gasteiger partial charge on any atom is 0.341 e. The number of ketones is 1. The highest BCUT2D eigenvalue weighted by atomic mass is 16.5. The van der Waals surface area contributed by atoms with E-state index in [1.807, 2.05) is 30.3 Å². The predicted octanol–water partition coefficient (Wildman–Crippen LogP) is 4.72. The van der Waals surface area contributed by atoms with Crippen LogP contribution in [0.4, 0.5) is 0 Å². The van der Waals surface area contributed by atoms with Crippen molar-refractivity contribution >= 4 is 17.8 Å². The monoisotopic (exact) mass is 430 g/mol. The number of methoxy groups -OCH3 is 2. The molecule has 0 bridgehead atoms. The molecule has 1 aliphatic heterocycles. The second kappa shape index (κ2) is 9.39. The van der Waals surface area contributed by atoms with E-state index in [2.05, 4.69) is 0 Å². The van der Waals surface area contributed by atoms with Crippen molar-refractivity contribution in [3.05, 3.63) is 94.6 Å². The standard InChI is InChI=1S/C26H22O6/c1-29-23-10-8-18(13-22(23)26(28)30-2)12-19-16-32-24-11-9-20(14-21(24)25(19)27)31-15-17-6-4-3-5-7-17/h3-14H,15-16H2,1-2H3. The first kappa shape index (κ1) is 21.2. The van der Waals surface area contributed by atoms with Gasteiger partial charge in [-0.05, 0) is 47.5 Å². The molecule has 6 nitrogen and oxygen atoms in total. The van der Waals surface area contributed by atoms with E-state index in [1.165, 1.54) is 14.2 Å². The molecule has 0 amide bonds. The maximum atomic E-state index is 13.1. The molecule has 32 heavy (non-hydrogen) atoms. The van der Waals surface area contributed by atoms with Crippen molar-refractivity contribution in [1.82, 2.24) is 0 Å². The first-order valence-corrected chi connectivity index (χ1v) is 10.0. The quantitative estimate of drug-likeness (QED) is 0.416. The van der Waals surface area contributed by atoms with Crippen molar-refractivity contribution in [2.24, 2.45) is 0 Å². The van der Waals surface area contributed by atoms with Crippen LogP contribution in [0.2, 0.25) is 0 Å². The molecule has 0 radical (unpaired) electrons. The Bertz CT molecular complexity index is 1180. The predicted molar refractivity (Wildman–Crippen MR) is 119 cm³/mol. The molecular weight excluding hydrogens is 408 g/mol. The van der Waals surface area contributed by atoms with Crippen LogP contribution in [-0.4, -0.2) is 32.6 Å². The fraction of sp³-hybridized carbons (Fsp3) is 0.154. The van der Waals surface area contributed by atoms with Gasteiger partial charge in [-0.25, -0.2) is 4.79 Å². The van der Waals surface area contributed by atoms with Crippen LogP contribution in [-0.2, 0) is 11.3 Å². The van der Waals surface area contributed by atoms with Gasteiger partial charge in [0.2, 0.25) is 0 Å². The van der Waals surface area contributed by atoms with Crippen molar-refractivity contribution < 1.29 is 28.5 Å². The van der Waals surface area contributed by atoms with Crippen molar-refractivity contribution in [2.75, 3.05) is 20.8 Å². The van der Waals surface area contributed by atoms with Crippen LogP contribution in [0.1, 0.15) is 31.8 Å². The zero-order valence-electron chi connectivity index (χ0n) is 17.8. The molecule has 4 rings (SSSR count). The van der Waals surface area contributed by atoms with E-state index in [4.69, 9.17) is 18.9 Å². The zero-order valence-corrected chi connectivity index (χ0v) is 17.8. The van der Waals surface area contributed by atoms with Gasteiger partial charge in [-0.2, -0.15) is 0 Å². The SMILES string of the molecule is COC(=O)c1cc(C=C2COc3ccc(OCc4ccccc4)cc3C2=O)ccc1OC. The molecule has 0 spiro atoms. The molecule has 1 aliphatic rings. The molecule has 0 atom stereocenters. The molecule has 0 fully saturated rings. The summed E-state index contributed by atoms with van der Waals surface area (Å²) in [6, 6.07) is 20.1. The summed E-state index contributed by atoms with van der Waals surface area (Å²) in [6.45, 7) is 0.537. The third-order valence-corrected chi connectivity index (χ3v) is 5.09. The van der Waals surface area contributed by atoms with Gasteiger partial charge in [0.1, 0.15) is 36.0 Å². The number of carbonyl (C=O) groups is 2. The third-order valence-electron chi connectivity index (χ3n) is 5.09. The number of esters is 1. The summed E-state index contributed by atoms with van der Waals surface area (Å²) in [5.74, 6) is 0.842. The zero-order chi connectivity index (χ0) is 22.5. The molecule has 162 valence electrons. The van der Waals surface area contributed by atoms with Crippen molar-refractivity contribution in [1.29, 1.82) is 0 Å². The van der Waals surface area contributed by atoms with Gasteiger partial charge < -0.3 is 18.9 Å². The van der Waals surface area contributed by atoms with Gasteiger partial charge in [-0.3, -0.25) is 4.79 Å². The summed E-state index contributed by atoms with van der Waals surface area (Å²) >= 11 is 0. The number of rotatable bonds is 6. The Hall–Kier alpha value is -4.06. The molecule has 3 aromatic rings. The van der Waals surface area contributed by atoms with Gasteiger partial charge in [-0.15, -0.1) is 0 Å². The highest BCUT2D eigenvalue weighted by Gasteiger charge is 2.24. The highest BCUT2D eigenvalue weighted by Crippen LogP contribution is 2.32. The van der Waals surface area contributed by atoms with Gasteiger partial charge in [0, 0.05) is 5.57 Å². The Morgan fingerprint density at radius 3 is 2.59 bits per heavy atom. The molecule has 0 saturated heterocycles. The number of hydrogen-bond acceptors (Lipinski definition) is 6. The number of Topliss-reactive ketones (excluding diaryl/α,β-unsaturated/α-hetero) is 1. The van der Waals surface area contributed by atoms with Crippen LogP contribution in [0.5, 0.6) is 17.2 Å². The normalized spacial score (nSPS) is 13.8. The number of hydrogen-bond donors (Lipinski definition) is 0. The maximum absolute atomic E-state index is 13.1. The largest absolute Gasteiger partial charge is 0.496 e. The van der Waals surface area contributed by atoms with Crippen LogP contribution < -0.4 is 14.2 Å². The lowest BCUT2D eigenvalue weighted by atomic mass is 9.97. The fourth-order valence-corrected chi connectivity index (χ4v) is 3.43. The van der Waals surface area contributed by atoms with E-state index in [0.29, 0.717) is 40.6 Å². The Morgan fingerprint density at radius 2 is 1.84 bits per heavy atom. The Balaban J connectivity index is 1.57. The number of benzene rings is 3. The lowest BCUT2D eigenvalue weighted by Gasteiger charge is -2.20. The van der Waals surface area contributed by atoms with Crippen LogP contribution >= 0.6 is 0 Å². The molecule has 3 aromatic carbocycles. The average molecular weight is 430 g/mol. The van der Waals surface area contributed by atoms with Gasteiger partial charge >= 0.3 is 5.97 Å². The van der Waals surface area contributed by atoms with Crippen molar-refractivity contribution in [3.63, 3.8) is 0 Å². The molecular formula is C26H22O6. The topological polar surface area (TPSA) is 71.1 Å². The molecule has 1 heterocycles. The minimum Gasteiger partial charge on any atom is -0.496 e. The van der Waals surface area contributed by atoms with E-state index < -0.39 is 5.97 Å². The minimum atomic E-state index is -0.515. The van der Waals surface area contributed by atoms with Crippen LogP contribution in [0.25, 0.3) is 6.08 Å². The molecule has 6 heteroatoms. The van der Waals surface area contributed by atoms with Gasteiger partial charge in [0.15, 0.2) is 5.78 Å². The molecule has 0 aliphatic carbocycles. The van der Waals surface area contributed by atoms with Crippen LogP contribution in [0.3, 0.4) is 0 Å². The first-order valence-electron chi connectivity index (χ1n) is 10.0. The molecule has 0 aromatic heterocycles. The fourth-order valence-electron chi connectivity index (χ4n) is 3.43. The van der Waals surface area contributed by atoms with Gasteiger partial charge in [-0.1, -0.05) is 36.4 Å². The van der Waals surface area contributed by atoms with Crippen LogP contribution in [0, 0.1) is 0 Å². The van der Waals surface area contributed by atoms with Crippen molar-refractivity contribution in [3.8, 4) is 17.2 Å². The number of ether oxygens (including phenoxy) is 4. The summed E-state index contributed by atoms with van der Waals surface area (Å²) in [5, 5.41) is 0. The first-order chi connectivity index (χ1) is 15.6. The summed E-state index contributed by atoms with van der Waals surface area (Å²) in [6.07, 6.45) is 1.70. The summed E-state index contributed by atoms with van der Waals surface area (Å²) in [7, 11) is 2.78.